The molecule has 2 N–H and O–H groups in total. The number of nitrogens with zero attached hydrogens (tertiary/aromatic N) is 3. The summed E-state index contributed by atoms with van der Waals surface area (Å²) in [5.74, 6) is -0.654. The minimum atomic E-state index is -1.02. The average Bonchev–Trinajstić information content (AvgIpc) is 3.40. The van der Waals surface area contributed by atoms with Crippen LogP contribution in [0.4, 0.5) is 0 Å². The Balaban J connectivity index is 1.98. The zero-order chi connectivity index (χ0) is 22.5. The summed E-state index contributed by atoms with van der Waals surface area (Å²) in [7, 11) is 0. The summed E-state index contributed by atoms with van der Waals surface area (Å²) in [5, 5.41) is 14.2. The van der Waals surface area contributed by atoms with Crippen LogP contribution in [0, 0.1) is 5.92 Å². The molecule has 166 valence electrons. The average molecular weight is 443 g/mol. The van der Waals surface area contributed by atoms with Gasteiger partial charge in [0, 0.05) is 23.4 Å². The van der Waals surface area contributed by atoms with E-state index in [2.05, 4.69) is 28.7 Å². The van der Waals surface area contributed by atoms with E-state index in [1.807, 2.05) is 30.8 Å². The van der Waals surface area contributed by atoms with Gasteiger partial charge in [0.15, 0.2) is 0 Å². The standard InChI is InChI=1S/C23H30N4O3S/c1-5-14(4)21(23(29)30)26-22(28)15-8-9-19-18(10-15)25-20(11-16-12-31-13-24-16)27(19)17(6-2)7-3/h8-10,12-14,17,21H,5-7,11H2,1-4H3,(H,26,28)(H,29,30)/t14-,21-/m0/s1. The van der Waals surface area contributed by atoms with Crippen LogP contribution in [-0.4, -0.2) is 37.6 Å². The number of hydrogen-bond acceptors (Lipinski definition) is 5. The van der Waals surface area contributed by atoms with E-state index in [1.54, 1.807) is 23.5 Å². The van der Waals surface area contributed by atoms with E-state index in [4.69, 9.17) is 4.98 Å². The Kier molecular flexibility index (Phi) is 7.43. The number of carboxylic acids is 1. The van der Waals surface area contributed by atoms with Crippen molar-refractivity contribution in [1.29, 1.82) is 0 Å². The van der Waals surface area contributed by atoms with Gasteiger partial charge in [0.25, 0.3) is 5.91 Å². The number of rotatable bonds is 10. The summed E-state index contributed by atoms with van der Waals surface area (Å²) in [6.07, 6.45) is 3.24. The zero-order valence-corrected chi connectivity index (χ0v) is 19.3. The molecule has 0 fully saturated rings. The molecule has 0 aliphatic carbocycles. The number of imidazole rings is 1. The highest BCUT2D eigenvalue weighted by Gasteiger charge is 2.26. The van der Waals surface area contributed by atoms with Crippen molar-refractivity contribution in [2.75, 3.05) is 0 Å². The van der Waals surface area contributed by atoms with E-state index in [0.29, 0.717) is 24.4 Å². The Bertz CT molecular complexity index is 1040. The lowest BCUT2D eigenvalue weighted by Gasteiger charge is -2.20. The van der Waals surface area contributed by atoms with Crippen molar-refractivity contribution in [2.45, 2.75) is 65.5 Å². The number of aromatic nitrogens is 3. The third-order valence-electron chi connectivity index (χ3n) is 5.92. The van der Waals surface area contributed by atoms with E-state index < -0.39 is 17.9 Å². The molecule has 2 heterocycles. The van der Waals surface area contributed by atoms with Crippen molar-refractivity contribution in [3.8, 4) is 0 Å². The SMILES string of the molecule is CCC(CC)n1c(Cc2cscn2)nc2cc(C(=O)N[C@H](C(=O)O)[C@@H](C)CC)ccc21. The predicted molar refractivity (Wildman–Crippen MR) is 123 cm³/mol. The Morgan fingerprint density at radius 3 is 2.52 bits per heavy atom. The summed E-state index contributed by atoms with van der Waals surface area (Å²) < 4.78 is 2.26. The van der Waals surface area contributed by atoms with Gasteiger partial charge in [-0.2, -0.15) is 0 Å². The first-order valence-electron chi connectivity index (χ1n) is 10.8. The molecule has 8 heteroatoms. The predicted octanol–water partition coefficient (Wildman–Crippen LogP) is 4.67. The van der Waals surface area contributed by atoms with Crippen LogP contribution in [0.1, 0.15) is 74.9 Å². The van der Waals surface area contributed by atoms with Crippen molar-refractivity contribution in [3.05, 3.63) is 46.2 Å². The Labute approximate surface area is 186 Å². The smallest absolute Gasteiger partial charge is 0.326 e. The number of amides is 1. The van der Waals surface area contributed by atoms with Gasteiger partial charge in [-0.1, -0.05) is 34.1 Å². The fraction of sp³-hybridized carbons (Fsp3) is 0.478. The minimum Gasteiger partial charge on any atom is -0.480 e. The van der Waals surface area contributed by atoms with Gasteiger partial charge in [-0.15, -0.1) is 11.3 Å². The quantitative estimate of drug-likeness (QED) is 0.475. The second-order valence-electron chi connectivity index (χ2n) is 7.90. The number of benzene rings is 1. The highest BCUT2D eigenvalue weighted by molar-refractivity contribution is 7.07. The molecular weight excluding hydrogens is 412 g/mol. The zero-order valence-electron chi connectivity index (χ0n) is 18.5. The van der Waals surface area contributed by atoms with Crippen LogP contribution in [-0.2, 0) is 11.2 Å². The van der Waals surface area contributed by atoms with E-state index >= 15 is 0 Å². The van der Waals surface area contributed by atoms with Gasteiger partial charge in [0.1, 0.15) is 11.9 Å². The van der Waals surface area contributed by atoms with Crippen molar-refractivity contribution in [1.82, 2.24) is 19.9 Å². The summed E-state index contributed by atoms with van der Waals surface area (Å²) in [4.78, 5) is 33.6. The first-order chi connectivity index (χ1) is 14.9. The van der Waals surface area contributed by atoms with Crippen LogP contribution in [0.25, 0.3) is 11.0 Å². The van der Waals surface area contributed by atoms with Crippen LogP contribution in [0.3, 0.4) is 0 Å². The molecule has 7 nitrogen and oxygen atoms in total. The fourth-order valence-corrected chi connectivity index (χ4v) is 4.43. The summed E-state index contributed by atoms with van der Waals surface area (Å²) in [5.41, 5.74) is 4.92. The molecule has 0 spiro atoms. The molecule has 31 heavy (non-hydrogen) atoms. The van der Waals surface area contributed by atoms with Gasteiger partial charge in [-0.25, -0.2) is 14.8 Å². The lowest BCUT2D eigenvalue weighted by atomic mass is 9.99. The molecule has 0 unspecified atom stereocenters. The highest BCUT2D eigenvalue weighted by atomic mass is 32.1. The number of hydrogen-bond donors (Lipinski definition) is 2. The lowest BCUT2D eigenvalue weighted by Crippen LogP contribution is -2.45. The summed E-state index contributed by atoms with van der Waals surface area (Å²) in [6.45, 7) is 8.06. The van der Waals surface area contributed by atoms with Gasteiger partial charge < -0.3 is 15.0 Å². The molecule has 1 aromatic carbocycles. The minimum absolute atomic E-state index is 0.163. The monoisotopic (exact) mass is 442 g/mol. The van der Waals surface area contributed by atoms with Crippen molar-refractivity contribution in [3.63, 3.8) is 0 Å². The van der Waals surface area contributed by atoms with Gasteiger partial charge in [0.2, 0.25) is 0 Å². The van der Waals surface area contributed by atoms with Crippen molar-refractivity contribution < 1.29 is 14.7 Å². The molecule has 0 radical (unpaired) electrons. The van der Waals surface area contributed by atoms with Crippen LogP contribution >= 0.6 is 11.3 Å². The molecule has 0 saturated heterocycles. The number of carbonyl (C=O) groups excluding carboxylic acids is 1. The Hall–Kier alpha value is -2.74. The van der Waals surface area contributed by atoms with Gasteiger partial charge in [-0.05, 0) is 37.0 Å². The Morgan fingerprint density at radius 2 is 1.94 bits per heavy atom. The molecule has 0 aliphatic heterocycles. The van der Waals surface area contributed by atoms with Gasteiger partial charge in [-0.3, -0.25) is 4.79 Å². The second kappa shape index (κ2) is 10.0. The van der Waals surface area contributed by atoms with Gasteiger partial charge >= 0.3 is 5.97 Å². The van der Waals surface area contributed by atoms with Crippen LogP contribution in [0.2, 0.25) is 0 Å². The molecule has 3 aromatic rings. The van der Waals surface area contributed by atoms with E-state index in [0.717, 1.165) is 35.4 Å². The lowest BCUT2D eigenvalue weighted by molar-refractivity contribution is -0.140. The molecule has 1 amide bonds. The van der Waals surface area contributed by atoms with Gasteiger partial charge in [0.05, 0.1) is 22.2 Å². The number of nitrogens with one attached hydrogen (secondary N) is 1. The van der Waals surface area contributed by atoms with Crippen molar-refractivity contribution >= 4 is 34.2 Å². The first kappa shape index (κ1) is 22.9. The maximum Gasteiger partial charge on any atom is 0.326 e. The number of aliphatic carboxylic acids is 1. The molecule has 0 saturated carbocycles. The van der Waals surface area contributed by atoms with E-state index in [9.17, 15) is 14.7 Å². The third-order valence-corrected chi connectivity index (χ3v) is 6.56. The molecule has 3 rings (SSSR count). The maximum absolute atomic E-state index is 12.8. The topological polar surface area (TPSA) is 97.1 Å². The molecule has 0 bridgehead atoms. The summed E-state index contributed by atoms with van der Waals surface area (Å²) >= 11 is 1.56. The molecule has 2 atom stereocenters. The van der Waals surface area contributed by atoms with Crippen LogP contribution < -0.4 is 5.32 Å². The largest absolute Gasteiger partial charge is 0.480 e. The fourth-order valence-electron chi connectivity index (χ4n) is 3.87. The van der Waals surface area contributed by atoms with Crippen LogP contribution in [0.5, 0.6) is 0 Å². The number of carbonyl (C=O) groups is 2. The van der Waals surface area contributed by atoms with E-state index in [1.165, 1.54) is 0 Å². The van der Waals surface area contributed by atoms with Crippen molar-refractivity contribution in [2.24, 2.45) is 5.92 Å². The number of thiazole rings is 1. The second-order valence-corrected chi connectivity index (χ2v) is 8.62. The Morgan fingerprint density at radius 1 is 1.19 bits per heavy atom. The first-order valence-corrected chi connectivity index (χ1v) is 11.7. The van der Waals surface area contributed by atoms with E-state index in [-0.39, 0.29) is 5.92 Å². The highest BCUT2D eigenvalue weighted by Crippen LogP contribution is 2.28. The van der Waals surface area contributed by atoms with Crippen LogP contribution in [0.15, 0.2) is 29.1 Å². The number of carboxylic acid groups (broad SMARTS) is 1. The normalized spacial score (nSPS) is 13.5. The number of fused-ring (bicyclic) bond motifs is 1. The molecular formula is C23H30N4O3S. The maximum atomic E-state index is 12.8. The molecule has 2 aromatic heterocycles. The summed E-state index contributed by atoms with van der Waals surface area (Å²) in [6, 6.07) is 4.80. The third kappa shape index (κ3) is 4.95. The molecule has 0 aliphatic rings.